The van der Waals surface area contributed by atoms with Gasteiger partial charge in [-0.05, 0) is 37.8 Å². The van der Waals surface area contributed by atoms with Crippen molar-refractivity contribution < 1.29 is 14.3 Å². The van der Waals surface area contributed by atoms with E-state index in [2.05, 4.69) is 5.32 Å². The van der Waals surface area contributed by atoms with E-state index < -0.39 is 6.04 Å². The highest BCUT2D eigenvalue weighted by Crippen LogP contribution is 2.24. The third-order valence-corrected chi connectivity index (χ3v) is 4.12. The summed E-state index contributed by atoms with van der Waals surface area (Å²) in [5.74, 6) is 0.662. The molecule has 0 spiro atoms. The van der Waals surface area contributed by atoms with Crippen LogP contribution in [0.25, 0.3) is 0 Å². The molecule has 22 heavy (non-hydrogen) atoms. The number of halogens is 1. The summed E-state index contributed by atoms with van der Waals surface area (Å²) in [6, 6.07) is 6.77. The number of benzene rings is 1. The van der Waals surface area contributed by atoms with Crippen molar-refractivity contribution in [3.8, 4) is 5.75 Å². The average Bonchev–Trinajstić information content (AvgIpc) is 2.55. The van der Waals surface area contributed by atoms with E-state index in [1.807, 2.05) is 19.1 Å². The van der Waals surface area contributed by atoms with Gasteiger partial charge < -0.3 is 20.5 Å². The summed E-state index contributed by atoms with van der Waals surface area (Å²) in [7, 11) is 0. The lowest BCUT2D eigenvalue weighted by molar-refractivity contribution is -0.124. The van der Waals surface area contributed by atoms with Crippen molar-refractivity contribution in [2.24, 2.45) is 11.7 Å². The largest absolute Gasteiger partial charge is 0.487 e. The number of nitrogens with one attached hydrogen (secondary N) is 1. The van der Waals surface area contributed by atoms with Crippen molar-refractivity contribution >= 4 is 17.5 Å². The number of carbonyl (C=O) groups is 1. The lowest BCUT2D eigenvalue weighted by Crippen LogP contribution is -2.48. The maximum atomic E-state index is 12.1. The molecular weight excluding hydrogens is 304 g/mol. The number of ether oxygens (including phenoxy) is 2. The van der Waals surface area contributed by atoms with Gasteiger partial charge in [0.25, 0.3) is 0 Å². The molecule has 1 aliphatic heterocycles. The second kappa shape index (κ2) is 8.36. The van der Waals surface area contributed by atoms with E-state index in [0.717, 1.165) is 12.8 Å². The van der Waals surface area contributed by atoms with Gasteiger partial charge in [0.1, 0.15) is 11.9 Å². The second-order valence-corrected chi connectivity index (χ2v) is 5.99. The zero-order valence-electron chi connectivity index (χ0n) is 12.8. The van der Waals surface area contributed by atoms with Gasteiger partial charge in [-0.25, -0.2) is 0 Å². The summed E-state index contributed by atoms with van der Waals surface area (Å²) < 4.78 is 11.0. The Bertz CT molecular complexity index is 492. The monoisotopic (exact) mass is 326 g/mol. The fourth-order valence-corrected chi connectivity index (χ4v) is 2.63. The number of para-hydroxylation sites is 1. The highest BCUT2D eigenvalue weighted by Gasteiger charge is 2.26. The Hall–Kier alpha value is -1.30. The fraction of sp³-hybridized carbons (Fsp3) is 0.562. The molecule has 5 nitrogen and oxygen atoms in total. The standard InChI is InChI=1S/C16H23ClN2O3/c1-11(22-14-5-3-2-4-13(14)17)10-19-16(20)15(18)12-6-8-21-9-7-12/h2-5,11-12,15H,6-10,18H2,1H3,(H,19,20). The molecule has 6 heteroatoms. The van der Waals surface area contributed by atoms with Crippen LogP contribution in [0.4, 0.5) is 0 Å². The van der Waals surface area contributed by atoms with Gasteiger partial charge in [0.15, 0.2) is 0 Å². The van der Waals surface area contributed by atoms with E-state index in [1.54, 1.807) is 12.1 Å². The number of hydrogen-bond acceptors (Lipinski definition) is 4. The number of hydrogen-bond donors (Lipinski definition) is 2. The van der Waals surface area contributed by atoms with E-state index in [0.29, 0.717) is 30.5 Å². The normalized spacial score (nSPS) is 18.5. The lowest BCUT2D eigenvalue weighted by Gasteiger charge is -2.27. The van der Waals surface area contributed by atoms with Crippen molar-refractivity contribution in [1.29, 1.82) is 0 Å². The van der Waals surface area contributed by atoms with Crippen LogP contribution in [0, 0.1) is 5.92 Å². The third-order valence-electron chi connectivity index (χ3n) is 3.81. The molecule has 2 atom stereocenters. The van der Waals surface area contributed by atoms with Crippen molar-refractivity contribution in [3.63, 3.8) is 0 Å². The van der Waals surface area contributed by atoms with Crippen LogP contribution in [0.3, 0.4) is 0 Å². The summed E-state index contributed by atoms with van der Waals surface area (Å²) in [6.07, 6.45) is 1.48. The Kier molecular flexibility index (Phi) is 6.49. The van der Waals surface area contributed by atoms with Gasteiger partial charge in [0.2, 0.25) is 5.91 Å². The molecule has 1 aromatic rings. The summed E-state index contributed by atoms with van der Waals surface area (Å²) in [4.78, 5) is 12.1. The van der Waals surface area contributed by atoms with Gasteiger partial charge in [-0.3, -0.25) is 4.79 Å². The van der Waals surface area contributed by atoms with Crippen LogP contribution in [0.1, 0.15) is 19.8 Å². The van der Waals surface area contributed by atoms with E-state index in [1.165, 1.54) is 0 Å². The van der Waals surface area contributed by atoms with Crippen molar-refractivity contribution in [3.05, 3.63) is 29.3 Å². The second-order valence-electron chi connectivity index (χ2n) is 5.58. The van der Waals surface area contributed by atoms with Gasteiger partial charge >= 0.3 is 0 Å². The zero-order chi connectivity index (χ0) is 15.9. The number of amides is 1. The lowest BCUT2D eigenvalue weighted by atomic mass is 9.92. The maximum Gasteiger partial charge on any atom is 0.237 e. The van der Waals surface area contributed by atoms with Crippen molar-refractivity contribution in [2.75, 3.05) is 19.8 Å². The van der Waals surface area contributed by atoms with Gasteiger partial charge in [0.05, 0.1) is 17.6 Å². The SMILES string of the molecule is CC(CNC(=O)C(N)C1CCOCC1)Oc1ccccc1Cl. The first kappa shape index (κ1) is 17.1. The first-order chi connectivity index (χ1) is 10.6. The van der Waals surface area contributed by atoms with Gasteiger partial charge in [-0.2, -0.15) is 0 Å². The van der Waals surface area contributed by atoms with E-state index in [-0.39, 0.29) is 17.9 Å². The molecule has 1 aliphatic rings. The highest BCUT2D eigenvalue weighted by atomic mass is 35.5. The van der Waals surface area contributed by atoms with E-state index in [9.17, 15) is 4.79 Å². The number of carbonyl (C=O) groups excluding carboxylic acids is 1. The van der Waals surface area contributed by atoms with Crippen LogP contribution < -0.4 is 15.8 Å². The predicted molar refractivity (Wildman–Crippen MR) is 86.1 cm³/mol. The third kappa shape index (κ3) is 4.87. The smallest absolute Gasteiger partial charge is 0.237 e. The highest BCUT2D eigenvalue weighted by molar-refractivity contribution is 6.32. The predicted octanol–water partition coefficient (Wildman–Crippen LogP) is 1.98. The van der Waals surface area contributed by atoms with Crippen LogP contribution in [0.2, 0.25) is 5.02 Å². The average molecular weight is 327 g/mol. The van der Waals surface area contributed by atoms with Crippen molar-refractivity contribution in [1.82, 2.24) is 5.32 Å². The summed E-state index contributed by atoms with van der Waals surface area (Å²) in [5.41, 5.74) is 6.03. The molecule has 0 aliphatic carbocycles. The Morgan fingerprint density at radius 1 is 1.45 bits per heavy atom. The van der Waals surface area contributed by atoms with Crippen molar-refractivity contribution in [2.45, 2.75) is 31.9 Å². The van der Waals surface area contributed by atoms with Crippen LogP contribution in [-0.4, -0.2) is 37.8 Å². The molecule has 0 aromatic heterocycles. The first-order valence-electron chi connectivity index (χ1n) is 7.60. The minimum Gasteiger partial charge on any atom is -0.487 e. The molecule has 0 bridgehead atoms. The molecule has 2 unspecified atom stereocenters. The molecule has 0 radical (unpaired) electrons. The molecule has 122 valence electrons. The van der Waals surface area contributed by atoms with E-state index >= 15 is 0 Å². The Labute approximate surface area is 136 Å². The molecule has 2 rings (SSSR count). The zero-order valence-corrected chi connectivity index (χ0v) is 13.5. The van der Waals surface area contributed by atoms with Crippen LogP contribution in [0.5, 0.6) is 5.75 Å². The van der Waals surface area contributed by atoms with Crippen LogP contribution in [-0.2, 0) is 9.53 Å². The molecule has 1 aromatic carbocycles. The Morgan fingerprint density at radius 3 is 2.82 bits per heavy atom. The summed E-state index contributed by atoms with van der Waals surface area (Å²) in [6.45, 7) is 3.62. The quantitative estimate of drug-likeness (QED) is 0.838. The first-order valence-corrected chi connectivity index (χ1v) is 7.98. The number of rotatable bonds is 6. The topological polar surface area (TPSA) is 73.6 Å². The molecular formula is C16H23ClN2O3. The summed E-state index contributed by atoms with van der Waals surface area (Å²) >= 11 is 6.04. The molecule has 1 fully saturated rings. The van der Waals surface area contributed by atoms with Gasteiger partial charge in [-0.15, -0.1) is 0 Å². The van der Waals surface area contributed by atoms with E-state index in [4.69, 9.17) is 26.8 Å². The minimum absolute atomic E-state index is 0.137. The number of nitrogens with two attached hydrogens (primary N) is 1. The van der Waals surface area contributed by atoms with Crippen LogP contribution in [0.15, 0.2) is 24.3 Å². The molecule has 3 N–H and O–H groups in total. The molecule has 0 saturated carbocycles. The van der Waals surface area contributed by atoms with Crippen LogP contribution >= 0.6 is 11.6 Å². The molecule has 1 amide bonds. The summed E-state index contributed by atoms with van der Waals surface area (Å²) in [5, 5.41) is 3.40. The molecule has 1 saturated heterocycles. The molecule has 1 heterocycles. The Morgan fingerprint density at radius 2 is 2.14 bits per heavy atom. The minimum atomic E-state index is -0.489. The maximum absolute atomic E-state index is 12.1. The fourth-order valence-electron chi connectivity index (χ4n) is 2.45. The van der Waals surface area contributed by atoms with Gasteiger partial charge in [-0.1, -0.05) is 23.7 Å². The van der Waals surface area contributed by atoms with Gasteiger partial charge in [0, 0.05) is 13.2 Å². The Balaban J connectivity index is 1.76.